The molecule has 0 amide bonds. The van der Waals surface area contributed by atoms with E-state index in [1.54, 1.807) is 0 Å². The molecule has 0 saturated heterocycles. The molecule has 2 aromatic heterocycles. The van der Waals surface area contributed by atoms with Crippen LogP contribution < -0.4 is 21.3 Å². The number of benzene rings is 2. The van der Waals surface area contributed by atoms with Crippen LogP contribution in [-0.2, 0) is 25.7 Å². The topological polar surface area (TPSA) is 99.7 Å². The van der Waals surface area contributed by atoms with Gasteiger partial charge in [0.2, 0.25) is 11.9 Å². The molecule has 2 heterocycles. The van der Waals surface area contributed by atoms with Crippen LogP contribution in [0.2, 0.25) is 0 Å². The van der Waals surface area contributed by atoms with Crippen LogP contribution in [0.4, 0.5) is 23.5 Å². The molecule has 4 aromatic rings. The zero-order valence-corrected chi connectivity index (χ0v) is 31.4. The Hall–Kier alpha value is -3.68. The minimum atomic E-state index is 0. The van der Waals surface area contributed by atoms with Gasteiger partial charge in [-0.15, -0.1) is 0 Å². The van der Waals surface area contributed by atoms with E-state index < -0.39 is 0 Å². The summed E-state index contributed by atoms with van der Waals surface area (Å²) in [5.74, 6) is 3.15. The van der Waals surface area contributed by atoms with E-state index in [-0.39, 0.29) is 7.43 Å². The maximum Gasteiger partial charge on any atom is 0.225 e. The van der Waals surface area contributed by atoms with Crippen LogP contribution in [0.3, 0.4) is 0 Å². The van der Waals surface area contributed by atoms with E-state index in [9.17, 15) is 0 Å². The van der Waals surface area contributed by atoms with Crippen molar-refractivity contribution < 1.29 is 0 Å². The monoisotopic (exact) mass is 673 g/mol. The highest BCUT2D eigenvalue weighted by molar-refractivity contribution is 5.92. The summed E-state index contributed by atoms with van der Waals surface area (Å²) in [6.45, 7) is 20.5. The molecular weight excluding hydrogens is 605 g/mol. The molecule has 0 unspecified atom stereocenters. The fraction of sp³-hybridized carbons (Fsp3) is 0.610. The van der Waals surface area contributed by atoms with E-state index in [1.807, 2.05) is 13.8 Å². The van der Waals surface area contributed by atoms with Crippen molar-refractivity contribution in [1.82, 2.24) is 19.9 Å². The fourth-order valence-corrected chi connectivity index (χ4v) is 6.14. The van der Waals surface area contributed by atoms with E-state index in [1.165, 1.54) is 60.8 Å². The summed E-state index contributed by atoms with van der Waals surface area (Å²) in [5.41, 5.74) is 7.43. The molecule has 0 aliphatic rings. The largest absolute Gasteiger partial charge is 0.368 e. The van der Waals surface area contributed by atoms with Crippen molar-refractivity contribution >= 4 is 45.3 Å². The lowest BCUT2D eigenvalue weighted by atomic mass is 10.00. The molecule has 0 aliphatic heterocycles. The van der Waals surface area contributed by atoms with Crippen LogP contribution in [-0.4, -0.2) is 46.1 Å². The van der Waals surface area contributed by atoms with Crippen molar-refractivity contribution in [3.05, 3.63) is 46.5 Å². The first-order valence-electron chi connectivity index (χ1n) is 19.2. The molecule has 0 spiro atoms. The summed E-state index contributed by atoms with van der Waals surface area (Å²) < 4.78 is 0. The molecule has 0 atom stereocenters. The maximum atomic E-state index is 4.96. The predicted molar refractivity (Wildman–Crippen MR) is 217 cm³/mol. The van der Waals surface area contributed by atoms with E-state index in [4.69, 9.17) is 19.9 Å². The third-order valence-corrected chi connectivity index (χ3v) is 8.89. The van der Waals surface area contributed by atoms with Crippen molar-refractivity contribution in [1.29, 1.82) is 0 Å². The number of aryl methyl sites for hydroxylation is 4. The minimum Gasteiger partial charge on any atom is -0.368 e. The van der Waals surface area contributed by atoms with Gasteiger partial charge in [-0.05, 0) is 85.0 Å². The van der Waals surface area contributed by atoms with Gasteiger partial charge >= 0.3 is 0 Å². The lowest BCUT2D eigenvalue weighted by Gasteiger charge is -2.16. The number of aromatic nitrogens is 4. The highest BCUT2D eigenvalue weighted by Crippen LogP contribution is 2.28. The first kappa shape index (κ1) is 41.5. The molecule has 0 radical (unpaired) electrons. The molecule has 49 heavy (non-hydrogen) atoms. The Labute approximate surface area is 298 Å². The summed E-state index contributed by atoms with van der Waals surface area (Å²) in [6, 6.07) is 9.06. The molecule has 272 valence electrons. The van der Waals surface area contributed by atoms with E-state index >= 15 is 0 Å². The van der Waals surface area contributed by atoms with Crippen LogP contribution in [0.25, 0.3) is 21.8 Å². The van der Waals surface area contributed by atoms with Crippen LogP contribution >= 0.6 is 0 Å². The van der Waals surface area contributed by atoms with E-state index in [0.717, 1.165) is 85.1 Å². The Morgan fingerprint density at radius 3 is 1.14 bits per heavy atom. The summed E-state index contributed by atoms with van der Waals surface area (Å²) in [7, 11) is 0. The zero-order chi connectivity index (χ0) is 34.7. The molecular formula is C41H68N8. The van der Waals surface area contributed by atoms with Gasteiger partial charge in [-0.25, -0.2) is 9.97 Å². The number of unbranched alkanes of at least 4 members (excludes halogenated alkanes) is 6. The Morgan fingerprint density at radius 2 is 0.796 bits per heavy atom. The summed E-state index contributed by atoms with van der Waals surface area (Å²) >= 11 is 0. The third kappa shape index (κ3) is 12.0. The van der Waals surface area contributed by atoms with Gasteiger partial charge < -0.3 is 21.3 Å². The average Bonchev–Trinajstić information content (AvgIpc) is 3.12. The Bertz CT molecular complexity index is 1420. The van der Waals surface area contributed by atoms with Gasteiger partial charge in [-0.2, -0.15) is 9.97 Å². The number of fused-ring (bicyclic) bond motifs is 2. The number of anilines is 4. The Balaban J connectivity index is 0.00000273. The second-order valence-electron chi connectivity index (χ2n) is 12.3. The van der Waals surface area contributed by atoms with Gasteiger partial charge in [-0.3, -0.25) is 0 Å². The minimum absolute atomic E-state index is 0. The van der Waals surface area contributed by atoms with Gasteiger partial charge in [-0.1, -0.05) is 101 Å². The van der Waals surface area contributed by atoms with Crippen LogP contribution in [0.5, 0.6) is 0 Å². The molecule has 8 heteroatoms. The quantitative estimate of drug-likeness (QED) is 0.0649. The van der Waals surface area contributed by atoms with Crippen molar-refractivity contribution in [2.75, 3.05) is 47.4 Å². The summed E-state index contributed by atoms with van der Waals surface area (Å²) in [6.07, 6.45) is 13.7. The zero-order valence-electron chi connectivity index (χ0n) is 31.4. The van der Waals surface area contributed by atoms with Gasteiger partial charge in [0.05, 0.1) is 11.0 Å². The number of nitrogens with one attached hydrogen (secondary N) is 4. The number of hydrogen-bond acceptors (Lipinski definition) is 8. The molecule has 0 saturated carbocycles. The highest BCUT2D eigenvalue weighted by Gasteiger charge is 2.14. The third-order valence-electron chi connectivity index (χ3n) is 8.89. The maximum absolute atomic E-state index is 4.96. The van der Waals surface area contributed by atoms with E-state index in [0.29, 0.717) is 25.0 Å². The Morgan fingerprint density at radius 1 is 0.429 bits per heavy atom. The average molecular weight is 673 g/mol. The lowest BCUT2D eigenvalue weighted by Crippen LogP contribution is -2.17. The van der Waals surface area contributed by atoms with Gasteiger partial charge in [0.15, 0.2) is 0 Å². The predicted octanol–water partition coefficient (Wildman–Crippen LogP) is 11.0. The summed E-state index contributed by atoms with van der Waals surface area (Å²) in [5, 5.41) is 16.4. The molecule has 4 N–H and O–H groups in total. The van der Waals surface area contributed by atoms with Crippen molar-refractivity contribution in [3.63, 3.8) is 0 Å². The first-order valence-corrected chi connectivity index (χ1v) is 19.2. The van der Waals surface area contributed by atoms with Crippen molar-refractivity contribution in [3.8, 4) is 0 Å². The number of nitrogens with zero attached hydrogens (tertiary/aromatic N) is 4. The molecule has 0 aliphatic carbocycles. The molecule has 0 bridgehead atoms. The van der Waals surface area contributed by atoms with Gasteiger partial charge in [0.25, 0.3) is 0 Å². The second-order valence-corrected chi connectivity index (χ2v) is 12.3. The number of rotatable bonds is 21. The lowest BCUT2D eigenvalue weighted by molar-refractivity contribution is 0.683. The molecule has 8 nitrogen and oxygen atoms in total. The fourth-order valence-electron chi connectivity index (χ4n) is 6.14. The van der Waals surface area contributed by atoms with Crippen molar-refractivity contribution in [2.45, 2.75) is 140 Å². The SMILES string of the molecule is C.CC.CCCCCCNc1nc(NCCNc2nc(NCCCCCC)nc3cc(CC)c(CC)cc23)c2cc(CC)c(CC)cc2n1. The molecule has 2 aromatic carbocycles. The Kier molecular flexibility index (Phi) is 19.4. The molecule has 0 fully saturated rings. The van der Waals surface area contributed by atoms with Gasteiger partial charge in [0, 0.05) is 37.0 Å². The molecule has 4 rings (SSSR count). The smallest absolute Gasteiger partial charge is 0.225 e. The highest BCUT2D eigenvalue weighted by atomic mass is 15.2. The van der Waals surface area contributed by atoms with Crippen LogP contribution in [0, 0.1) is 0 Å². The van der Waals surface area contributed by atoms with E-state index in [2.05, 4.69) is 87.1 Å². The first-order chi connectivity index (χ1) is 23.5. The number of hydrogen-bond donors (Lipinski definition) is 4. The van der Waals surface area contributed by atoms with Crippen LogP contribution in [0.15, 0.2) is 24.3 Å². The second kappa shape index (κ2) is 22.9. The summed E-state index contributed by atoms with van der Waals surface area (Å²) in [4.78, 5) is 19.8. The van der Waals surface area contributed by atoms with Gasteiger partial charge in [0.1, 0.15) is 11.6 Å². The normalized spacial score (nSPS) is 10.8. The standard InChI is InChI=1S/C38H58N8.C2H6.CH4/c1-7-13-15-17-19-41-37-43-33-25-29(11-5)27(9-3)23-31(33)35(45-37)39-21-22-40-36-32-24-28(10-4)30(12-6)26-34(32)44-38(46-36)42-20-18-16-14-8-2;1-2;/h23-26H,7-22H2,1-6H3,(H2,39,41,43,45)(H2,40,42,44,46);1-2H3;1H4. The van der Waals surface area contributed by atoms with Crippen molar-refractivity contribution in [2.24, 2.45) is 0 Å². The van der Waals surface area contributed by atoms with Crippen LogP contribution in [0.1, 0.15) is 136 Å².